The quantitative estimate of drug-likeness (QED) is 0.621. The Morgan fingerprint density at radius 1 is 1.64 bits per heavy atom. The summed E-state index contributed by atoms with van der Waals surface area (Å²) >= 11 is 0. The summed E-state index contributed by atoms with van der Waals surface area (Å²) in [5.41, 5.74) is 0. The van der Waals surface area contributed by atoms with E-state index in [1.54, 1.807) is 0 Å². The van der Waals surface area contributed by atoms with Crippen molar-refractivity contribution in [2.75, 3.05) is 19.7 Å². The van der Waals surface area contributed by atoms with Crippen LogP contribution in [0.5, 0.6) is 0 Å². The van der Waals surface area contributed by atoms with E-state index in [9.17, 15) is 0 Å². The monoisotopic (exact) mass is 156 g/mol. The Kier molecular flexibility index (Phi) is 4.55. The Balaban J connectivity index is 1.96. The molecule has 1 heterocycles. The molecule has 2 nitrogen and oxygen atoms in total. The standard InChI is InChI=1S/C9H18NO/c1-2-3-4-5-9-8-10-6-7-11-9/h5,9-10H,2-4,6-8H2,1H3. The van der Waals surface area contributed by atoms with E-state index in [1.807, 2.05) is 0 Å². The lowest BCUT2D eigenvalue weighted by Gasteiger charge is -2.23. The zero-order valence-electron chi connectivity index (χ0n) is 7.31. The van der Waals surface area contributed by atoms with Gasteiger partial charge in [-0.05, 0) is 12.8 Å². The van der Waals surface area contributed by atoms with Crippen molar-refractivity contribution in [2.24, 2.45) is 0 Å². The predicted molar refractivity (Wildman–Crippen MR) is 46.4 cm³/mol. The molecule has 1 radical (unpaired) electrons. The molecule has 0 aromatic heterocycles. The lowest BCUT2D eigenvalue weighted by molar-refractivity contribution is 0.0470. The molecule has 1 aliphatic heterocycles. The Morgan fingerprint density at radius 3 is 3.18 bits per heavy atom. The van der Waals surface area contributed by atoms with Crippen LogP contribution in [0.2, 0.25) is 0 Å². The second-order valence-electron chi connectivity index (χ2n) is 2.99. The Morgan fingerprint density at radius 2 is 2.55 bits per heavy atom. The fourth-order valence-electron chi connectivity index (χ4n) is 1.24. The molecule has 1 fully saturated rings. The first-order chi connectivity index (χ1) is 5.43. The van der Waals surface area contributed by atoms with Crippen LogP contribution in [0.4, 0.5) is 0 Å². The maximum Gasteiger partial charge on any atom is 0.0731 e. The van der Waals surface area contributed by atoms with Crippen molar-refractivity contribution in [3.05, 3.63) is 6.42 Å². The maximum absolute atomic E-state index is 5.51. The Bertz CT molecular complexity index is 89.6. The number of hydrogen-bond acceptors (Lipinski definition) is 2. The van der Waals surface area contributed by atoms with E-state index in [4.69, 9.17) is 4.74 Å². The number of rotatable bonds is 4. The molecule has 1 rings (SSSR count). The van der Waals surface area contributed by atoms with Gasteiger partial charge in [-0.25, -0.2) is 0 Å². The third-order valence-corrected chi connectivity index (χ3v) is 1.94. The minimum atomic E-state index is 0.371. The highest BCUT2D eigenvalue weighted by Gasteiger charge is 2.11. The molecule has 11 heavy (non-hydrogen) atoms. The second-order valence-corrected chi connectivity index (χ2v) is 2.99. The Labute approximate surface area is 69.3 Å². The van der Waals surface area contributed by atoms with Crippen LogP contribution < -0.4 is 5.32 Å². The molecule has 1 saturated heterocycles. The van der Waals surface area contributed by atoms with Gasteiger partial charge in [0.1, 0.15) is 0 Å². The van der Waals surface area contributed by atoms with E-state index in [0.29, 0.717) is 6.10 Å². The average molecular weight is 156 g/mol. The third-order valence-electron chi connectivity index (χ3n) is 1.94. The summed E-state index contributed by atoms with van der Waals surface area (Å²) in [6.07, 6.45) is 6.42. The van der Waals surface area contributed by atoms with Gasteiger partial charge in [0.25, 0.3) is 0 Å². The van der Waals surface area contributed by atoms with E-state index >= 15 is 0 Å². The van der Waals surface area contributed by atoms with Crippen LogP contribution in [0.1, 0.15) is 26.2 Å². The normalized spacial score (nSPS) is 25.4. The first kappa shape index (κ1) is 9.01. The van der Waals surface area contributed by atoms with Gasteiger partial charge in [0.05, 0.1) is 12.7 Å². The van der Waals surface area contributed by atoms with Crippen molar-refractivity contribution in [1.29, 1.82) is 0 Å². The summed E-state index contributed by atoms with van der Waals surface area (Å²) < 4.78 is 5.51. The lowest BCUT2D eigenvalue weighted by atomic mass is 10.1. The number of nitrogens with one attached hydrogen (secondary N) is 1. The van der Waals surface area contributed by atoms with E-state index in [-0.39, 0.29) is 0 Å². The molecule has 1 aliphatic rings. The van der Waals surface area contributed by atoms with Gasteiger partial charge in [-0.1, -0.05) is 19.8 Å². The van der Waals surface area contributed by atoms with Crippen LogP contribution in [0.3, 0.4) is 0 Å². The number of ether oxygens (including phenoxy) is 1. The second kappa shape index (κ2) is 5.56. The van der Waals surface area contributed by atoms with E-state index in [2.05, 4.69) is 18.7 Å². The smallest absolute Gasteiger partial charge is 0.0731 e. The van der Waals surface area contributed by atoms with E-state index < -0.39 is 0 Å². The molecule has 1 atom stereocenters. The molecule has 1 unspecified atom stereocenters. The first-order valence-electron chi connectivity index (χ1n) is 4.59. The van der Waals surface area contributed by atoms with Crippen molar-refractivity contribution in [3.8, 4) is 0 Å². The van der Waals surface area contributed by atoms with Gasteiger partial charge in [-0.15, -0.1) is 0 Å². The molecular weight excluding hydrogens is 138 g/mol. The summed E-state index contributed by atoms with van der Waals surface area (Å²) in [6, 6.07) is 0. The molecule has 0 amide bonds. The van der Waals surface area contributed by atoms with Gasteiger partial charge in [-0.2, -0.15) is 0 Å². The topological polar surface area (TPSA) is 21.3 Å². The highest BCUT2D eigenvalue weighted by molar-refractivity contribution is 4.81. The SMILES string of the molecule is CCCC[CH]C1CNCCO1. The maximum atomic E-state index is 5.51. The van der Waals surface area contributed by atoms with Gasteiger partial charge in [0.2, 0.25) is 0 Å². The lowest BCUT2D eigenvalue weighted by Crippen LogP contribution is -2.38. The van der Waals surface area contributed by atoms with E-state index in [1.165, 1.54) is 19.3 Å². The summed E-state index contributed by atoms with van der Waals surface area (Å²) in [6.45, 7) is 5.10. The molecular formula is C9H18NO. The van der Waals surface area contributed by atoms with Crippen molar-refractivity contribution in [3.63, 3.8) is 0 Å². The molecule has 0 saturated carbocycles. The molecule has 65 valence electrons. The Hall–Kier alpha value is -0.0800. The molecule has 0 aliphatic carbocycles. The zero-order valence-corrected chi connectivity index (χ0v) is 7.31. The minimum Gasteiger partial charge on any atom is -0.375 e. The molecule has 0 spiro atoms. The van der Waals surface area contributed by atoms with Crippen molar-refractivity contribution in [1.82, 2.24) is 5.32 Å². The largest absolute Gasteiger partial charge is 0.375 e. The zero-order chi connectivity index (χ0) is 7.94. The van der Waals surface area contributed by atoms with Gasteiger partial charge in [0.15, 0.2) is 0 Å². The summed E-state index contributed by atoms with van der Waals surface area (Å²) in [5.74, 6) is 0. The number of hydrogen-bond donors (Lipinski definition) is 1. The van der Waals surface area contributed by atoms with Crippen molar-refractivity contribution >= 4 is 0 Å². The van der Waals surface area contributed by atoms with Gasteiger partial charge in [0, 0.05) is 13.1 Å². The van der Waals surface area contributed by atoms with Crippen molar-refractivity contribution in [2.45, 2.75) is 32.3 Å². The summed E-state index contributed by atoms with van der Waals surface area (Å²) in [7, 11) is 0. The fraction of sp³-hybridized carbons (Fsp3) is 0.889. The predicted octanol–water partition coefficient (Wildman–Crippen LogP) is 1.37. The van der Waals surface area contributed by atoms with Crippen LogP contribution in [0.25, 0.3) is 0 Å². The summed E-state index contributed by atoms with van der Waals surface area (Å²) in [5, 5.41) is 3.31. The highest BCUT2D eigenvalue weighted by Crippen LogP contribution is 2.06. The van der Waals surface area contributed by atoms with Gasteiger partial charge >= 0.3 is 0 Å². The highest BCUT2D eigenvalue weighted by atomic mass is 16.5. The fourth-order valence-corrected chi connectivity index (χ4v) is 1.24. The number of morpholine rings is 1. The van der Waals surface area contributed by atoms with Gasteiger partial charge < -0.3 is 10.1 Å². The first-order valence-corrected chi connectivity index (χ1v) is 4.59. The average Bonchev–Trinajstić information content (AvgIpc) is 2.07. The summed E-state index contributed by atoms with van der Waals surface area (Å²) in [4.78, 5) is 0. The van der Waals surface area contributed by atoms with Crippen LogP contribution in [0, 0.1) is 6.42 Å². The van der Waals surface area contributed by atoms with Crippen LogP contribution in [-0.4, -0.2) is 25.8 Å². The van der Waals surface area contributed by atoms with E-state index in [0.717, 1.165) is 19.7 Å². The van der Waals surface area contributed by atoms with Gasteiger partial charge in [-0.3, -0.25) is 0 Å². The molecule has 0 aromatic rings. The third kappa shape index (κ3) is 3.73. The molecule has 0 aromatic carbocycles. The van der Waals surface area contributed by atoms with Crippen molar-refractivity contribution < 1.29 is 4.74 Å². The van der Waals surface area contributed by atoms with Crippen LogP contribution >= 0.6 is 0 Å². The van der Waals surface area contributed by atoms with Crippen LogP contribution in [0.15, 0.2) is 0 Å². The molecule has 1 N–H and O–H groups in total. The minimum absolute atomic E-state index is 0.371. The van der Waals surface area contributed by atoms with Crippen LogP contribution in [-0.2, 0) is 4.74 Å². The molecule has 0 bridgehead atoms. The number of unbranched alkanes of at least 4 members (excludes halogenated alkanes) is 2. The molecule has 2 heteroatoms.